The number of carboxylic acids is 1. The number of piperazine rings is 1. The highest BCUT2D eigenvalue weighted by Crippen LogP contribution is 2.35. The summed E-state index contributed by atoms with van der Waals surface area (Å²) in [5, 5.41) is 13.9. The topological polar surface area (TPSA) is 120 Å². The lowest BCUT2D eigenvalue weighted by Gasteiger charge is -2.40. The first kappa shape index (κ1) is 26.7. The number of carbonyl (C=O) groups is 1. The molecule has 4 N–H and O–H groups in total. The van der Waals surface area contributed by atoms with Gasteiger partial charge in [-0.2, -0.15) is 0 Å². The van der Waals surface area contributed by atoms with Crippen molar-refractivity contribution in [2.45, 2.75) is 32.1 Å². The molecule has 2 aromatic heterocycles. The van der Waals surface area contributed by atoms with Gasteiger partial charge < -0.3 is 21.1 Å². The van der Waals surface area contributed by atoms with E-state index in [0.717, 1.165) is 22.0 Å². The summed E-state index contributed by atoms with van der Waals surface area (Å²) in [5.41, 5.74) is 9.93. The van der Waals surface area contributed by atoms with Crippen LogP contribution < -0.4 is 16.0 Å². The number of nitrogens with zero attached hydrogens (tertiary/aromatic N) is 5. The Morgan fingerprint density at radius 1 is 1.10 bits per heavy atom. The Balaban J connectivity index is 1.39. The van der Waals surface area contributed by atoms with Gasteiger partial charge in [-0.25, -0.2) is 14.4 Å². The van der Waals surface area contributed by atoms with Crippen molar-refractivity contribution in [3.8, 4) is 11.1 Å². The van der Waals surface area contributed by atoms with Gasteiger partial charge in [0.25, 0.3) is 0 Å². The molecule has 1 aliphatic heterocycles. The van der Waals surface area contributed by atoms with Crippen molar-refractivity contribution in [3.63, 3.8) is 0 Å². The Bertz CT molecular complexity index is 1500. The zero-order valence-corrected chi connectivity index (χ0v) is 22.3. The summed E-state index contributed by atoms with van der Waals surface area (Å²) in [4.78, 5) is 28.6. The largest absolute Gasteiger partial charge is 0.480 e. The maximum Gasteiger partial charge on any atom is 0.320 e. The predicted octanol–water partition coefficient (Wildman–Crippen LogP) is 4.54. The molecule has 1 fully saturated rings. The lowest BCUT2D eigenvalue weighted by atomic mass is 10.0. The maximum absolute atomic E-state index is 14.4. The molecule has 1 unspecified atom stereocenters. The van der Waals surface area contributed by atoms with Crippen molar-refractivity contribution in [1.82, 2.24) is 19.9 Å². The van der Waals surface area contributed by atoms with Crippen LogP contribution in [0, 0.1) is 5.82 Å². The Hall–Kier alpha value is -3.86. The molecule has 3 atom stereocenters. The molecule has 1 aliphatic rings. The van der Waals surface area contributed by atoms with Crippen LogP contribution in [0.3, 0.4) is 0 Å². The third-order valence-electron chi connectivity index (χ3n) is 7.14. The second kappa shape index (κ2) is 11.1. The Labute approximate surface area is 230 Å². The fraction of sp³-hybridized carbons (Fsp3) is 0.286. The van der Waals surface area contributed by atoms with E-state index in [-0.39, 0.29) is 11.9 Å². The van der Waals surface area contributed by atoms with Gasteiger partial charge >= 0.3 is 5.97 Å². The van der Waals surface area contributed by atoms with Crippen LogP contribution in [0.25, 0.3) is 22.0 Å². The summed E-state index contributed by atoms with van der Waals surface area (Å²) in [5.74, 6) is -0.675. The summed E-state index contributed by atoms with van der Waals surface area (Å²) in [6.45, 7) is 5.01. The lowest BCUT2D eigenvalue weighted by molar-refractivity contribution is -0.142. The number of aliphatic carboxylic acids is 1. The molecule has 0 aliphatic carbocycles. The molecule has 202 valence electrons. The smallest absolute Gasteiger partial charge is 0.320 e. The van der Waals surface area contributed by atoms with E-state index in [1.807, 2.05) is 34.9 Å². The molecular weight excluding hydrogens is 521 g/mol. The van der Waals surface area contributed by atoms with E-state index in [1.165, 1.54) is 6.07 Å². The standard InChI is InChI=1S/C28H29ClFN7O2/c1-16(20-5-3-4-6-23(20)30)35-26-21-11-18(7-8-24(21)32-14-22(26)29)19-12-33-28(34-13-19)37-10-9-36(15-25(37)31)17(2)27(38)39/h3-8,11-14,16-17,25H,9-10,15,31H2,1-2H3,(H,32,35)(H,38,39)/t16-,17?,25+/m1/s1. The normalized spacial score (nSPS) is 17.7. The van der Waals surface area contributed by atoms with Crippen LogP contribution in [0.15, 0.2) is 61.1 Å². The third kappa shape index (κ3) is 5.49. The Morgan fingerprint density at radius 2 is 1.85 bits per heavy atom. The molecule has 0 saturated carbocycles. The van der Waals surface area contributed by atoms with Crippen molar-refractivity contribution in [2.24, 2.45) is 5.73 Å². The van der Waals surface area contributed by atoms with Crippen molar-refractivity contribution < 1.29 is 14.3 Å². The third-order valence-corrected chi connectivity index (χ3v) is 7.42. The minimum atomic E-state index is -0.872. The zero-order valence-electron chi connectivity index (χ0n) is 21.6. The quantitative estimate of drug-likeness (QED) is 0.305. The van der Waals surface area contributed by atoms with Crippen LogP contribution in [0.5, 0.6) is 0 Å². The molecule has 3 heterocycles. The van der Waals surface area contributed by atoms with Gasteiger partial charge in [0, 0.05) is 54.7 Å². The molecule has 11 heteroatoms. The van der Waals surface area contributed by atoms with E-state index in [1.54, 1.807) is 43.7 Å². The number of aromatic nitrogens is 3. The number of nitrogens with two attached hydrogens (primary N) is 1. The first-order valence-corrected chi connectivity index (χ1v) is 13.0. The molecule has 5 rings (SSSR count). The number of rotatable bonds is 7. The van der Waals surface area contributed by atoms with E-state index in [4.69, 9.17) is 17.3 Å². The predicted molar refractivity (Wildman–Crippen MR) is 150 cm³/mol. The first-order valence-electron chi connectivity index (χ1n) is 12.6. The lowest BCUT2D eigenvalue weighted by Crippen LogP contribution is -2.60. The maximum atomic E-state index is 14.4. The van der Waals surface area contributed by atoms with E-state index in [9.17, 15) is 14.3 Å². The SMILES string of the molecule is CC(C(=O)O)N1CCN(c2ncc(-c3ccc4ncc(Cl)c(N[C@H](C)c5ccccc5F)c4c3)cn2)[C@H](N)C1. The van der Waals surface area contributed by atoms with Gasteiger partial charge in [-0.05, 0) is 37.6 Å². The van der Waals surface area contributed by atoms with Crippen molar-refractivity contribution >= 4 is 40.1 Å². The van der Waals surface area contributed by atoms with Crippen molar-refractivity contribution in [2.75, 3.05) is 29.9 Å². The molecular formula is C28H29ClFN7O2. The first-order chi connectivity index (χ1) is 18.7. The number of halogens is 2. The van der Waals surface area contributed by atoms with E-state index >= 15 is 0 Å². The van der Waals surface area contributed by atoms with Gasteiger partial charge in [-0.1, -0.05) is 35.9 Å². The highest BCUT2D eigenvalue weighted by Gasteiger charge is 2.31. The van der Waals surface area contributed by atoms with Crippen molar-refractivity contribution in [3.05, 3.63) is 77.5 Å². The van der Waals surface area contributed by atoms with Crippen LogP contribution in [0.2, 0.25) is 5.02 Å². The van der Waals surface area contributed by atoms with Crippen LogP contribution in [0.4, 0.5) is 16.0 Å². The van der Waals surface area contributed by atoms with E-state index < -0.39 is 18.2 Å². The minimum Gasteiger partial charge on any atom is -0.480 e. The molecule has 9 nitrogen and oxygen atoms in total. The molecule has 1 saturated heterocycles. The zero-order chi connectivity index (χ0) is 27.7. The fourth-order valence-electron chi connectivity index (χ4n) is 4.82. The average Bonchev–Trinajstić information content (AvgIpc) is 2.94. The number of nitrogens with one attached hydrogen (secondary N) is 1. The minimum absolute atomic E-state index is 0.289. The number of hydrogen-bond donors (Lipinski definition) is 3. The van der Waals surface area contributed by atoms with Gasteiger partial charge in [0.1, 0.15) is 11.9 Å². The molecule has 0 spiro atoms. The Morgan fingerprint density at radius 3 is 2.54 bits per heavy atom. The monoisotopic (exact) mass is 549 g/mol. The van der Waals surface area contributed by atoms with Crippen LogP contribution >= 0.6 is 11.6 Å². The summed E-state index contributed by atoms with van der Waals surface area (Å²) >= 11 is 6.54. The highest BCUT2D eigenvalue weighted by molar-refractivity contribution is 6.34. The highest BCUT2D eigenvalue weighted by atomic mass is 35.5. The number of pyridine rings is 1. The number of anilines is 2. The molecule has 0 amide bonds. The van der Waals surface area contributed by atoms with Gasteiger partial charge in [0.2, 0.25) is 5.95 Å². The average molecular weight is 550 g/mol. The second-order valence-corrected chi connectivity index (χ2v) is 10.0. The van der Waals surface area contributed by atoms with Crippen LogP contribution in [-0.4, -0.2) is 62.8 Å². The molecule has 0 bridgehead atoms. The van der Waals surface area contributed by atoms with E-state index in [2.05, 4.69) is 20.3 Å². The Kier molecular flexibility index (Phi) is 7.60. The van der Waals surface area contributed by atoms with E-state index in [0.29, 0.717) is 41.9 Å². The van der Waals surface area contributed by atoms with Gasteiger partial charge in [0.05, 0.1) is 28.4 Å². The molecule has 0 radical (unpaired) electrons. The van der Waals surface area contributed by atoms with Gasteiger partial charge in [0.15, 0.2) is 0 Å². The fourth-order valence-corrected chi connectivity index (χ4v) is 5.03. The number of hydrogen-bond acceptors (Lipinski definition) is 8. The summed E-state index contributed by atoms with van der Waals surface area (Å²) in [6.07, 6.45) is 4.62. The van der Waals surface area contributed by atoms with Gasteiger partial charge in [-0.3, -0.25) is 14.7 Å². The van der Waals surface area contributed by atoms with Crippen LogP contribution in [-0.2, 0) is 4.79 Å². The van der Waals surface area contributed by atoms with Crippen LogP contribution in [0.1, 0.15) is 25.5 Å². The summed E-state index contributed by atoms with van der Waals surface area (Å²) in [7, 11) is 0. The number of benzene rings is 2. The molecule has 4 aromatic rings. The number of carboxylic acid groups (broad SMARTS) is 1. The summed E-state index contributed by atoms with van der Waals surface area (Å²) in [6, 6.07) is 11.5. The number of fused-ring (bicyclic) bond motifs is 1. The van der Waals surface area contributed by atoms with Gasteiger partial charge in [-0.15, -0.1) is 0 Å². The summed E-state index contributed by atoms with van der Waals surface area (Å²) < 4.78 is 14.4. The van der Waals surface area contributed by atoms with Crippen molar-refractivity contribution in [1.29, 1.82) is 0 Å². The second-order valence-electron chi connectivity index (χ2n) is 9.64. The molecule has 39 heavy (non-hydrogen) atoms. The molecule has 2 aromatic carbocycles.